The average Bonchev–Trinajstić information content (AvgIpc) is 3.47. The van der Waals surface area contributed by atoms with E-state index in [2.05, 4.69) is 10.3 Å². The molecule has 0 radical (unpaired) electrons. The highest BCUT2D eigenvalue weighted by Gasteiger charge is 2.32. The third-order valence-corrected chi connectivity index (χ3v) is 6.01. The number of benzene rings is 2. The minimum atomic E-state index is -4.51. The van der Waals surface area contributed by atoms with Crippen LogP contribution in [0.4, 0.5) is 13.2 Å². The van der Waals surface area contributed by atoms with Crippen LogP contribution in [0.3, 0.4) is 0 Å². The Bertz CT molecular complexity index is 1400. The summed E-state index contributed by atoms with van der Waals surface area (Å²) in [7, 11) is 0. The van der Waals surface area contributed by atoms with Gasteiger partial charge in [0.05, 0.1) is 16.3 Å². The van der Waals surface area contributed by atoms with Gasteiger partial charge in [-0.3, -0.25) is 4.79 Å². The van der Waals surface area contributed by atoms with E-state index in [-0.39, 0.29) is 25.7 Å². The molecule has 180 valence electrons. The molecular weight excluding hydrogens is 483 g/mol. The lowest BCUT2D eigenvalue weighted by molar-refractivity contribution is -0.137. The Balaban J connectivity index is 1.43. The SMILES string of the molecule is O=C(CC(c1cccc(C(F)(F)F)c1)c1cnc2ccc(Cl)cn12)NCc1ccc2c(c1)OCO2. The van der Waals surface area contributed by atoms with Crippen LogP contribution in [0, 0.1) is 0 Å². The number of amides is 1. The maximum absolute atomic E-state index is 13.4. The molecule has 0 bridgehead atoms. The zero-order chi connectivity index (χ0) is 24.6. The Morgan fingerprint density at radius 1 is 1.11 bits per heavy atom. The quantitative estimate of drug-likeness (QED) is 0.375. The second-order valence-electron chi connectivity index (χ2n) is 8.10. The molecule has 2 aromatic heterocycles. The highest BCUT2D eigenvalue weighted by molar-refractivity contribution is 6.30. The van der Waals surface area contributed by atoms with E-state index in [1.807, 2.05) is 6.07 Å². The molecule has 2 aromatic carbocycles. The summed E-state index contributed by atoms with van der Waals surface area (Å²) in [5.74, 6) is 0.210. The molecule has 1 aliphatic rings. The van der Waals surface area contributed by atoms with Crippen LogP contribution in [-0.2, 0) is 17.5 Å². The van der Waals surface area contributed by atoms with Gasteiger partial charge in [0.2, 0.25) is 12.7 Å². The van der Waals surface area contributed by atoms with Gasteiger partial charge in [-0.25, -0.2) is 4.98 Å². The first kappa shape index (κ1) is 23.0. The summed E-state index contributed by atoms with van der Waals surface area (Å²) in [5, 5.41) is 3.28. The zero-order valence-electron chi connectivity index (χ0n) is 18.2. The molecule has 6 nitrogen and oxygen atoms in total. The number of hydrogen-bond donors (Lipinski definition) is 1. The third kappa shape index (κ3) is 4.90. The fourth-order valence-electron chi connectivity index (χ4n) is 4.07. The molecule has 0 spiro atoms. The standard InChI is InChI=1S/C25H19ClF3N3O3/c26-18-5-7-23-30-12-20(32(23)13-18)19(16-2-1-3-17(9-16)25(27,28)29)10-24(33)31-11-15-4-6-21-22(8-15)35-14-34-21/h1-9,12-13,19H,10-11,14H2,(H,31,33). The lowest BCUT2D eigenvalue weighted by Crippen LogP contribution is -2.25. The van der Waals surface area contributed by atoms with Crippen molar-refractivity contribution in [2.45, 2.75) is 25.1 Å². The molecule has 10 heteroatoms. The van der Waals surface area contributed by atoms with Gasteiger partial charge >= 0.3 is 6.18 Å². The van der Waals surface area contributed by atoms with Crippen molar-refractivity contribution < 1.29 is 27.4 Å². The Morgan fingerprint density at radius 2 is 1.94 bits per heavy atom. The van der Waals surface area contributed by atoms with Gasteiger partial charge in [-0.2, -0.15) is 13.2 Å². The van der Waals surface area contributed by atoms with Crippen molar-refractivity contribution in [2.75, 3.05) is 6.79 Å². The van der Waals surface area contributed by atoms with Gasteiger partial charge in [0, 0.05) is 31.3 Å². The number of pyridine rings is 1. The third-order valence-electron chi connectivity index (χ3n) is 5.79. The van der Waals surface area contributed by atoms with Gasteiger partial charge in [-0.15, -0.1) is 0 Å². The second-order valence-corrected chi connectivity index (χ2v) is 8.54. The van der Waals surface area contributed by atoms with Crippen LogP contribution < -0.4 is 14.8 Å². The summed E-state index contributed by atoms with van der Waals surface area (Å²) in [6.07, 6.45) is -1.41. The predicted molar refractivity (Wildman–Crippen MR) is 123 cm³/mol. The van der Waals surface area contributed by atoms with Crippen LogP contribution >= 0.6 is 11.6 Å². The molecule has 3 heterocycles. The Morgan fingerprint density at radius 3 is 2.77 bits per heavy atom. The fourth-order valence-corrected chi connectivity index (χ4v) is 4.23. The van der Waals surface area contributed by atoms with E-state index in [1.54, 1.807) is 47.1 Å². The van der Waals surface area contributed by atoms with E-state index in [0.29, 0.717) is 33.4 Å². The molecule has 1 N–H and O–H groups in total. The molecular formula is C25H19ClF3N3O3. The summed E-state index contributed by atoms with van der Waals surface area (Å²) >= 11 is 6.15. The molecule has 0 fully saturated rings. The first-order chi connectivity index (χ1) is 16.8. The molecule has 1 unspecified atom stereocenters. The molecule has 4 aromatic rings. The highest BCUT2D eigenvalue weighted by atomic mass is 35.5. The van der Waals surface area contributed by atoms with Crippen LogP contribution in [0.2, 0.25) is 5.02 Å². The fraction of sp³-hybridized carbons (Fsp3) is 0.200. The van der Waals surface area contributed by atoms with E-state index < -0.39 is 17.7 Å². The van der Waals surface area contributed by atoms with Crippen molar-refractivity contribution in [3.63, 3.8) is 0 Å². The summed E-state index contributed by atoms with van der Waals surface area (Å²) < 4.78 is 52.6. The highest BCUT2D eigenvalue weighted by Crippen LogP contribution is 2.35. The monoisotopic (exact) mass is 501 g/mol. The number of ether oxygens (including phenoxy) is 2. The van der Waals surface area contributed by atoms with Crippen LogP contribution in [0.15, 0.2) is 67.0 Å². The number of aromatic nitrogens is 2. The van der Waals surface area contributed by atoms with Gasteiger partial charge < -0.3 is 19.2 Å². The van der Waals surface area contributed by atoms with Gasteiger partial charge in [-0.05, 0) is 41.5 Å². The summed E-state index contributed by atoms with van der Waals surface area (Å²) in [5.41, 5.74) is 1.49. The Hall–Kier alpha value is -3.72. The average molecular weight is 502 g/mol. The molecule has 0 aliphatic carbocycles. The number of hydrogen-bond acceptors (Lipinski definition) is 4. The molecule has 35 heavy (non-hydrogen) atoms. The first-order valence-corrected chi connectivity index (χ1v) is 11.1. The number of rotatable bonds is 6. The molecule has 0 saturated heterocycles. The first-order valence-electron chi connectivity index (χ1n) is 10.7. The van der Waals surface area contributed by atoms with E-state index in [1.165, 1.54) is 6.07 Å². The van der Waals surface area contributed by atoms with Crippen LogP contribution in [-0.4, -0.2) is 22.1 Å². The second kappa shape index (κ2) is 9.14. The van der Waals surface area contributed by atoms with Crippen molar-refractivity contribution in [3.8, 4) is 11.5 Å². The van der Waals surface area contributed by atoms with Gasteiger partial charge in [0.25, 0.3) is 0 Å². The number of fused-ring (bicyclic) bond motifs is 2. The van der Waals surface area contributed by atoms with Crippen molar-refractivity contribution >= 4 is 23.2 Å². The predicted octanol–water partition coefficient (Wildman–Crippen LogP) is 5.57. The van der Waals surface area contributed by atoms with Gasteiger partial charge in [0.1, 0.15) is 5.65 Å². The molecule has 5 rings (SSSR count). The van der Waals surface area contributed by atoms with E-state index in [4.69, 9.17) is 21.1 Å². The lowest BCUT2D eigenvalue weighted by Gasteiger charge is -2.19. The number of nitrogens with one attached hydrogen (secondary N) is 1. The topological polar surface area (TPSA) is 64.9 Å². The smallest absolute Gasteiger partial charge is 0.416 e. The van der Waals surface area contributed by atoms with Crippen LogP contribution in [0.1, 0.15) is 34.7 Å². The largest absolute Gasteiger partial charge is 0.454 e. The maximum atomic E-state index is 13.4. The van der Waals surface area contributed by atoms with Crippen molar-refractivity contribution in [1.82, 2.24) is 14.7 Å². The minimum absolute atomic E-state index is 0.0911. The van der Waals surface area contributed by atoms with Crippen LogP contribution in [0.5, 0.6) is 11.5 Å². The normalized spacial score (nSPS) is 13.7. The Kier molecular flexibility index (Phi) is 6.02. The summed E-state index contributed by atoms with van der Waals surface area (Å²) in [6, 6.07) is 13.7. The lowest BCUT2D eigenvalue weighted by atomic mass is 9.91. The minimum Gasteiger partial charge on any atom is -0.454 e. The van der Waals surface area contributed by atoms with Gasteiger partial charge in [-0.1, -0.05) is 35.9 Å². The van der Waals surface area contributed by atoms with Crippen LogP contribution in [0.25, 0.3) is 5.65 Å². The zero-order valence-corrected chi connectivity index (χ0v) is 18.9. The number of halogens is 4. The molecule has 1 aliphatic heterocycles. The summed E-state index contributed by atoms with van der Waals surface area (Å²) in [4.78, 5) is 17.3. The van der Waals surface area contributed by atoms with Crippen molar-refractivity contribution in [1.29, 1.82) is 0 Å². The molecule has 1 atom stereocenters. The summed E-state index contributed by atoms with van der Waals surface area (Å²) in [6.45, 7) is 0.372. The van der Waals surface area contributed by atoms with Crippen molar-refractivity contribution in [3.05, 3.63) is 94.4 Å². The van der Waals surface area contributed by atoms with Crippen molar-refractivity contribution in [2.24, 2.45) is 0 Å². The van der Waals surface area contributed by atoms with Gasteiger partial charge in [0.15, 0.2) is 11.5 Å². The number of alkyl halides is 3. The Labute approximate surface area is 203 Å². The number of carbonyl (C=O) groups is 1. The number of carbonyl (C=O) groups excluding carboxylic acids is 1. The number of nitrogens with zero attached hydrogens (tertiary/aromatic N) is 2. The number of imidazole rings is 1. The van der Waals surface area contributed by atoms with E-state index in [0.717, 1.165) is 17.7 Å². The van der Waals surface area contributed by atoms with E-state index >= 15 is 0 Å². The molecule has 1 amide bonds. The maximum Gasteiger partial charge on any atom is 0.416 e. The van der Waals surface area contributed by atoms with E-state index in [9.17, 15) is 18.0 Å². The molecule has 0 saturated carbocycles.